The zero-order valence-corrected chi connectivity index (χ0v) is 22.9. The molecule has 0 bridgehead atoms. The van der Waals surface area contributed by atoms with Crippen molar-refractivity contribution >= 4 is 46.5 Å². The Hall–Kier alpha value is -4.47. The second-order valence-corrected chi connectivity index (χ2v) is 8.28. The molecule has 4 aromatic carbocycles. The number of carboxylic acid groups (broad SMARTS) is 2. The number of rotatable bonds is 4. The van der Waals surface area contributed by atoms with Crippen molar-refractivity contribution in [3.8, 4) is 11.5 Å². The normalized spacial score (nSPS) is 10.3. The molecule has 1 radical (unpaired) electrons. The van der Waals surface area contributed by atoms with E-state index in [1.165, 1.54) is 0 Å². The SMILES string of the molecule is CC(=O)[O-].CC(=O)[O-].Cc1ccc(O)c(C=Nc2cccc3cccc(N=Cc4cc(C)ccc4O)c23)c1.[Co+2]. The number of aromatic hydroxyl groups is 2. The van der Waals surface area contributed by atoms with Crippen molar-refractivity contribution in [1.82, 2.24) is 0 Å². The zero-order valence-electron chi connectivity index (χ0n) is 21.8. The molecule has 39 heavy (non-hydrogen) atoms. The van der Waals surface area contributed by atoms with Crippen molar-refractivity contribution < 1.29 is 46.8 Å². The molecule has 8 nitrogen and oxygen atoms in total. The molecule has 0 aromatic heterocycles. The summed E-state index contributed by atoms with van der Waals surface area (Å²) in [6.07, 6.45) is 3.34. The van der Waals surface area contributed by atoms with Crippen molar-refractivity contribution in [3.63, 3.8) is 0 Å². The molecule has 0 heterocycles. The fraction of sp³-hybridized carbons (Fsp3) is 0.133. The number of aryl methyl sites for hydroxylation is 2. The van der Waals surface area contributed by atoms with Gasteiger partial charge in [-0.15, -0.1) is 0 Å². The minimum atomic E-state index is -1.08. The van der Waals surface area contributed by atoms with E-state index in [1.807, 2.05) is 74.5 Å². The Kier molecular flexibility index (Phi) is 13.1. The Labute approximate surface area is 237 Å². The molecule has 9 heteroatoms. The quantitative estimate of drug-likeness (QED) is 0.356. The van der Waals surface area contributed by atoms with Crippen LogP contribution >= 0.6 is 0 Å². The molecule has 0 aliphatic carbocycles. The number of carbonyl (C=O) groups is 2. The maximum absolute atomic E-state index is 10.1. The van der Waals surface area contributed by atoms with E-state index >= 15 is 0 Å². The summed E-state index contributed by atoms with van der Waals surface area (Å²) in [5.41, 5.74) is 4.95. The Morgan fingerprint density at radius 3 is 1.41 bits per heavy atom. The fourth-order valence-electron chi connectivity index (χ4n) is 3.35. The first kappa shape index (κ1) is 32.6. The van der Waals surface area contributed by atoms with Gasteiger partial charge in [-0.1, -0.05) is 47.5 Å². The molecule has 0 atom stereocenters. The third kappa shape index (κ3) is 10.8. The van der Waals surface area contributed by atoms with Crippen LogP contribution in [0.5, 0.6) is 11.5 Å². The number of phenols is 2. The molecule has 0 unspecified atom stereocenters. The average molecular weight is 571 g/mol. The van der Waals surface area contributed by atoms with Crippen LogP contribution in [0.3, 0.4) is 0 Å². The molecule has 4 aromatic rings. The van der Waals surface area contributed by atoms with E-state index < -0.39 is 11.9 Å². The third-order valence-corrected chi connectivity index (χ3v) is 4.91. The smallest absolute Gasteiger partial charge is 0.550 e. The number of benzene rings is 4. The van der Waals surface area contributed by atoms with E-state index in [1.54, 1.807) is 24.6 Å². The van der Waals surface area contributed by atoms with E-state index in [9.17, 15) is 10.2 Å². The molecule has 203 valence electrons. The molecule has 0 saturated carbocycles. The van der Waals surface area contributed by atoms with E-state index in [2.05, 4.69) is 9.98 Å². The molecular weight excluding hydrogens is 543 g/mol. The zero-order chi connectivity index (χ0) is 28.2. The number of hydrogen-bond acceptors (Lipinski definition) is 8. The number of carboxylic acids is 2. The van der Waals surface area contributed by atoms with E-state index in [0.29, 0.717) is 11.1 Å². The van der Waals surface area contributed by atoms with Gasteiger partial charge in [-0.3, -0.25) is 9.98 Å². The standard InChI is InChI=1S/C26H22N2O2.2C2H4O2.Co/c1-17-9-11-24(29)20(13-17)15-27-22-7-3-5-19-6-4-8-23(26(19)22)28-16-21-14-18(2)10-12-25(21)30;2*1-2(3)4;/h3-16,29-30H,1-2H3;2*1H3,(H,3,4);/q;;;+2/p-2. The second kappa shape index (κ2) is 15.7. The van der Waals surface area contributed by atoms with Gasteiger partial charge < -0.3 is 30.0 Å². The largest absolute Gasteiger partial charge is 2.00 e. The third-order valence-electron chi connectivity index (χ3n) is 4.91. The predicted octanol–water partition coefficient (Wildman–Crippen LogP) is 3.88. The molecule has 0 aliphatic heterocycles. The first-order chi connectivity index (χ1) is 18.0. The summed E-state index contributed by atoms with van der Waals surface area (Å²) >= 11 is 0. The number of hydrogen-bond donors (Lipinski definition) is 2. The van der Waals surface area contributed by atoms with Crippen LogP contribution in [0.2, 0.25) is 0 Å². The first-order valence-electron chi connectivity index (χ1n) is 11.5. The van der Waals surface area contributed by atoms with E-state index in [-0.39, 0.29) is 28.3 Å². The van der Waals surface area contributed by atoms with Crippen molar-refractivity contribution in [1.29, 1.82) is 0 Å². The molecule has 0 aliphatic rings. The summed E-state index contributed by atoms with van der Waals surface area (Å²) < 4.78 is 0. The molecule has 4 rings (SSSR count). The Morgan fingerprint density at radius 1 is 0.692 bits per heavy atom. The minimum Gasteiger partial charge on any atom is -0.550 e. The number of carbonyl (C=O) groups excluding carboxylic acids is 2. The second-order valence-electron chi connectivity index (χ2n) is 8.28. The van der Waals surface area contributed by atoms with E-state index in [4.69, 9.17) is 19.8 Å². The van der Waals surface area contributed by atoms with Gasteiger partial charge in [-0.25, -0.2) is 0 Å². The molecule has 2 N–H and O–H groups in total. The number of phenolic OH excluding ortho intramolecular Hbond substituents is 2. The molecule has 0 fully saturated rings. The van der Waals surface area contributed by atoms with Gasteiger partial charge in [0, 0.05) is 40.9 Å². The molecule has 0 saturated heterocycles. The van der Waals surface area contributed by atoms with Gasteiger partial charge in [0.05, 0.1) is 11.4 Å². The number of fused-ring (bicyclic) bond motifs is 1. The van der Waals surface area contributed by atoms with Gasteiger partial charge in [0.1, 0.15) is 11.5 Å². The summed E-state index contributed by atoms with van der Waals surface area (Å²) in [5, 5.41) is 39.9. The number of nitrogens with zero attached hydrogens (tertiary/aromatic N) is 2. The van der Waals surface area contributed by atoms with Gasteiger partial charge in [0.2, 0.25) is 0 Å². The number of aliphatic imine (C=N–C) groups is 2. The van der Waals surface area contributed by atoms with Gasteiger partial charge in [0.15, 0.2) is 0 Å². The summed E-state index contributed by atoms with van der Waals surface area (Å²) in [5.74, 6) is -1.78. The predicted molar refractivity (Wildman–Crippen MR) is 146 cm³/mol. The summed E-state index contributed by atoms with van der Waals surface area (Å²) in [6.45, 7) is 5.89. The van der Waals surface area contributed by atoms with Crippen LogP contribution in [0, 0.1) is 13.8 Å². The monoisotopic (exact) mass is 571 g/mol. The summed E-state index contributed by atoms with van der Waals surface area (Å²) in [6, 6.07) is 22.6. The minimum absolute atomic E-state index is 0. The fourth-order valence-corrected chi connectivity index (χ4v) is 3.35. The van der Waals surface area contributed by atoms with Crippen LogP contribution in [0.15, 0.2) is 82.8 Å². The maximum Gasteiger partial charge on any atom is 2.00 e. The Bertz CT molecular complexity index is 1380. The summed E-state index contributed by atoms with van der Waals surface area (Å²) in [4.78, 5) is 27.1. The topological polar surface area (TPSA) is 145 Å². The van der Waals surface area contributed by atoms with Crippen LogP contribution < -0.4 is 10.2 Å². The van der Waals surface area contributed by atoms with Crippen molar-refractivity contribution in [3.05, 3.63) is 95.1 Å². The van der Waals surface area contributed by atoms with Gasteiger partial charge in [0.25, 0.3) is 0 Å². The van der Waals surface area contributed by atoms with Crippen molar-refractivity contribution in [2.24, 2.45) is 9.98 Å². The van der Waals surface area contributed by atoms with Gasteiger partial charge in [-0.2, -0.15) is 0 Å². The van der Waals surface area contributed by atoms with Crippen molar-refractivity contribution in [2.75, 3.05) is 0 Å². The van der Waals surface area contributed by atoms with Gasteiger partial charge in [-0.05, 0) is 69.5 Å². The maximum atomic E-state index is 10.1. The molecule has 0 spiro atoms. The average Bonchev–Trinajstić information content (AvgIpc) is 2.84. The van der Waals surface area contributed by atoms with Crippen LogP contribution in [-0.2, 0) is 26.4 Å². The molecular formula is C30H28CoN2O6. The Balaban J connectivity index is 0.000000748. The van der Waals surface area contributed by atoms with Crippen LogP contribution in [0.25, 0.3) is 10.8 Å². The first-order valence-corrected chi connectivity index (χ1v) is 11.5. The van der Waals surface area contributed by atoms with Crippen molar-refractivity contribution in [2.45, 2.75) is 27.7 Å². The van der Waals surface area contributed by atoms with Crippen LogP contribution in [-0.4, -0.2) is 34.6 Å². The van der Waals surface area contributed by atoms with E-state index in [0.717, 1.165) is 47.1 Å². The molecule has 0 amide bonds. The van der Waals surface area contributed by atoms with Crippen LogP contribution in [0.1, 0.15) is 36.1 Å². The number of aliphatic carboxylic acids is 2. The Morgan fingerprint density at radius 2 is 1.05 bits per heavy atom. The van der Waals surface area contributed by atoms with Gasteiger partial charge >= 0.3 is 16.8 Å². The summed E-state index contributed by atoms with van der Waals surface area (Å²) in [7, 11) is 0. The van der Waals surface area contributed by atoms with Crippen LogP contribution in [0.4, 0.5) is 11.4 Å².